The SMILES string of the molecule is N#Cc1cccc(COC(=O)CCNC(=O)c2ccc(Br)cc2)c1. The number of esters is 1. The maximum atomic E-state index is 11.9. The highest BCUT2D eigenvalue weighted by atomic mass is 79.9. The number of carbonyl (C=O) groups is 2. The first-order valence-corrected chi connectivity index (χ1v) is 8.06. The lowest BCUT2D eigenvalue weighted by Gasteiger charge is -2.07. The Morgan fingerprint density at radius 1 is 1.17 bits per heavy atom. The Balaban J connectivity index is 1.72. The largest absolute Gasteiger partial charge is 0.461 e. The summed E-state index contributed by atoms with van der Waals surface area (Å²) in [6.45, 7) is 0.307. The normalized spacial score (nSPS) is 9.83. The van der Waals surface area contributed by atoms with Crippen LogP contribution in [-0.2, 0) is 16.1 Å². The predicted molar refractivity (Wildman–Crippen MR) is 92.0 cm³/mol. The van der Waals surface area contributed by atoms with Crippen molar-refractivity contribution in [2.45, 2.75) is 13.0 Å². The molecule has 0 aliphatic heterocycles. The molecular weight excluding hydrogens is 372 g/mol. The van der Waals surface area contributed by atoms with Gasteiger partial charge >= 0.3 is 5.97 Å². The number of benzene rings is 2. The van der Waals surface area contributed by atoms with Gasteiger partial charge in [0, 0.05) is 16.6 Å². The molecule has 2 aromatic carbocycles. The minimum atomic E-state index is -0.409. The van der Waals surface area contributed by atoms with Crippen LogP contribution in [0.5, 0.6) is 0 Å². The second-order valence-electron chi connectivity index (χ2n) is 4.99. The third-order valence-corrected chi connectivity index (χ3v) is 3.71. The van der Waals surface area contributed by atoms with Crippen molar-refractivity contribution in [3.05, 3.63) is 69.7 Å². The van der Waals surface area contributed by atoms with E-state index in [1.54, 1.807) is 48.5 Å². The number of nitrogens with one attached hydrogen (secondary N) is 1. The average Bonchev–Trinajstić information content (AvgIpc) is 2.60. The van der Waals surface area contributed by atoms with Gasteiger partial charge < -0.3 is 10.1 Å². The van der Waals surface area contributed by atoms with Gasteiger partial charge in [-0.15, -0.1) is 0 Å². The first-order valence-electron chi connectivity index (χ1n) is 7.27. The van der Waals surface area contributed by atoms with Gasteiger partial charge in [-0.3, -0.25) is 9.59 Å². The molecule has 6 heteroatoms. The van der Waals surface area contributed by atoms with E-state index in [9.17, 15) is 9.59 Å². The number of halogens is 1. The van der Waals surface area contributed by atoms with Crippen molar-refractivity contribution in [1.29, 1.82) is 5.26 Å². The molecule has 0 radical (unpaired) electrons. The number of amides is 1. The van der Waals surface area contributed by atoms with E-state index in [4.69, 9.17) is 10.00 Å². The minimum Gasteiger partial charge on any atom is -0.461 e. The van der Waals surface area contributed by atoms with Gasteiger partial charge in [0.1, 0.15) is 6.61 Å². The molecule has 122 valence electrons. The molecular formula is C18H15BrN2O3. The summed E-state index contributed by atoms with van der Waals surface area (Å²) in [5.74, 6) is -0.648. The monoisotopic (exact) mass is 386 g/mol. The number of hydrogen-bond acceptors (Lipinski definition) is 4. The van der Waals surface area contributed by atoms with E-state index in [1.165, 1.54) is 0 Å². The fourth-order valence-corrected chi connectivity index (χ4v) is 2.21. The van der Waals surface area contributed by atoms with Crippen LogP contribution in [0.2, 0.25) is 0 Å². The van der Waals surface area contributed by atoms with E-state index in [2.05, 4.69) is 21.2 Å². The molecule has 0 aliphatic rings. The van der Waals surface area contributed by atoms with Crippen molar-refractivity contribution in [2.24, 2.45) is 0 Å². The summed E-state index contributed by atoms with van der Waals surface area (Å²) in [5, 5.41) is 11.5. The zero-order valence-electron chi connectivity index (χ0n) is 12.8. The average molecular weight is 387 g/mol. The Kier molecular flexibility index (Phi) is 6.52. The highest BCUT2D eigenvalue weighted by Gasteiger charge is 2.08. The van der Waals surface area contributed by atoms with Gasteiger partial charge in [-0.25, -0.2) is 0 Å². The lowest BCUT2D eigenvalue weighted by Crippen LogP contribution is -2.26. The van der Waals surface area contributed by atoms with Crippen LogP contribution in [0.25, 0.3) is 0 Å². The standard InChI is InChI=1S/C18H15BrN2O3/c19-16-6-4-15(5-7-16)18(23)21-9-8-17(22)24-12-14-3-1-2-13(10-14)11-20/h1-7,10H,8-9,12H2,(H,21,23). The fraction of sp³-hybridized carbons (Fsp3) is 0.167. The molecule has 0 unspecified atom stereocenters. The van der Waals surface area contributed by atoms with Crippen molar-refractivity contribution in [1.82, 2.24) is 5.32 Å². The number of rotatable bonds is 6. The summed E-state index contributed by atoms with van der Waals surface area (Å²) in [5.41, 5.74) is 1.80. The summed E-state index contributed by atoms with van der Waals surface area (Å²) in [4.78, 5) is 23.6. The smallest absolute Gasteiger partial charge is 0.307 e. The van der Waals surface area contributed by atoms with Gasteiger partial charge in [0.15, 0.2) is 0 Å². The molecule has 24 heavy (non-hydrogen) atoms. The minimum absolute atomic E-state index is 0.0835. The summed E-state index contributed by atoms with van der Waals surface area (Å²) >= 11 is 3.30. The third kappa shape index (κ3) is 5.52. The molecule has 0 aliphatic carbocycles. The maximum Gasteiger partial charge on any atom is 0.307 e. The van der Waals surface area contributed by atoms with Gasteiger partial charge in [0.25, 0.3) is 5.91 Å². The molecule has 2 rings (SSSR count). The zero-order chi connectivity index (χ0) is 17.4. The van der Waals surface area contributed by atoms with Crippen molar-refractivity contribution in [3.63, 3.8) is 0 Å². The molecule has 0 fully saturated rings. The summed E-state index contributed by atoms with van der Waals surface area (Å²) < 4.78 is 6.02. The van der Waals surface area contributed by atoms with Crippen LogP contribution < -0.4 is 5.32 Å². The van der Waals surface area contributed by atoms with Gasteiger partial charge in [0.2, 0.25) is 0 Å². The van der Waals surface area contributed by atoms with Gasteiger partial charge in [-0.05, 0) is 42.0 Å². The second kappa shape index (κ2) is 8.85. The Morgan fingerprint density at radius 2 is 1.92 bits per heavy atom. The molecule has 5 nitrogen and oxygen atoms in total. The van der Waals surface area contributed by atoms with Crippen LogP contribution in [0.15, 0.2) is 53.0 Å². The number of nitriles is 1. The lowest BCUT2D eigenvalue weighted by atomic mass is 10.1. The van der Waals surface area contributed by atoms with Gasteiger partial charge in [-0.2, -0.15) is 5.26 Å². The van der Waals surface area contributed by atoms with Crippen molar-refractivity contribution < 1.29 is 14.3 Å². The summed E-state index contributed by atoms with van der Waals surface area (Å²) in [7, 11) is 0. The highest BCUT2D eigenvalue weighted by molar-refractivity contribution is 9.10. The molecule has 0 atom stereocenters. The molecule has 1 amide bonds. The van der Waals surface area contributed by atoms with E-state index < -0.39 is 5.97 Å². The predicted octanol–water partition coefficient (Wildman–Crippen LogP) is 3.18. The Morgan fingerprint density at radius 3 is 2.62 bits per heavy atom. The first kappa shape index (κ1) is 17.7. The first-order chi connectivity index (χ1) is 11.6. The zero-order valence-corrected chi connectivity index (χ0v) is 14.4. The molecule has 0 spiro atoms. The van der Waals surface area contributed by atoms with E-state index in [-0.39, 0.29) is 25.5 Å². The molecule has 0 aromatic heterocycles. The second-order valence-corrected chi connectivity index (χ2v) is 5.90. The van der Waals surface area contributed by atoms with Gasteiger partial charge in [-0.1, -0.05) is 28.1 Å². The Hall–Kier alpha value is -2.65. The summed E-state index contributed by atoms with van der Waals surface area (Å²) in [6, 6.07) is 15.8. The van der Waals surface area contributed by atoms with Crippen LogP contribution in [0, 0.1) is 11.3 Å². The van der Waals surface area contributed by atoms with Crippen LogP contribution in [-0.4, -0.2) is 18.4 Å². The van der Waals surface area contributed by atoms with Crippen molar-refractivity contribution in [3.8, 4) is 6.07 Å². The quantitative estimate of drug-likeness (QED) is 0.773. The topological polar surface area (TPSA) is 79.2 Å². The lowest BCUT2D eigenvalue weighted by molar-refractivity contribution is -0.144. The van der Waals surface area contributed by atoms with E-state index in [1.807, 2.05) is 6.07 Å². The van der Waals surface area contributed by atoms with E-state index in [0.29, 0.717) is 11.1 Å². The maximum absolute atomic E-state index is 11.9. The van der Waals surface area contributed by atoms with Crippen LogP contribution in [0.4, 0.5) is 0 Å². The highest BCUT2D eigenvalue weighted by Crippen LogP contribution is 2.10. The van der Waals surface area contributed by atoms with Crippen LogP contribution in [0.3, 0.4) is 0 Å². The fourth-order valence-electron chi connectivity index (χ4n) is 1.95. The molecule has 1 N–H and O–H groups in total. The molecule has 0 saturated carbocycles. The summed E-state index contributed by atoms with van der Waals surface area (Å²) in [6.07, 6.45) is 0.0835. The van der Waals surface area contributed by atoms with Crippen LogP contribution >= 0.6 is 15.9 Å². The Bertz CT molecular complexity index is 767. The third-order valence-electron chi connectivity index (χ3n) is 3.18. The van der Waals surface area contributed by atoms with E-state index in [0.717, 1.165) is 10.0 Å². The number of nitrogens with zero attached hydrogens (tertiary/aromatic N) is 1. The van der Waals surface area contributed by atoms with Crippen molar-refractivity contribution in [2.75, 3.05) is 6.54 Å². The molecule has 0 bridgehead atoms. The van der Waals surface area contributed by atoms with Crippen molar-refractivity contribution >= 4 is 27.8 Å². The molecule has 0 heterocycles. The number of hydrogen-bond donors (Lipinski definition) is 1. The van der Waals surface area contributed by atoms with Gasteiger partial charge in [0.05, 0.1) is 18.1 Å². The number of ether oxygens (including phenoxy) is 1. The van der Waals surface area contributed by atoms with E-state index >= 15 is 0 Å². The Labute approximate surface area is 148 Å². The molecule has 2 aromatic rings. The van der Waals surface area contributed by atoms with Crippen LogP contribution in [0.1, 0.15) is 27.9 Å². The molecule has 0 saturated heterocycles. The number of carbonyl (C=O) groups excluding carboxylic acids is 2.